The quantitative estimate of drug-likeness (QED) is 0.482. The fraction of sp³-hybridized carbons (Fsp3) is 0.833. The van der Waals surface area contributed by atoms with E-state index in [1.54, 1.807) is 6.08 Å². The topological polar surface area (TPSA) is 102 Å². The molecule has 12 atom stereocenters. The van der Waals surface area contributed by atoms with Crippen molar-refractivity contribution in [2.75, 3.05) is 19.8 Å². The van der Waals surface area contributed by atoms with Crippen LogP contribution in [0.15, 0.2) is 11.6 Å². The predicted molar refractivity (Wildman–Crippen MR) is 133 cm³/mol. The van der Waals surface area contributed by atoms with Gasteiger partial charge in [0.2, 0.25) is 0 Å². The zero-order valence-electron chi connectivity index (χ0n) is 22.8. The molecule has 5 aliphatic heterocycles. The zero-order chi connectivity index (χ0) is 26.6. The Balaban J connectivity index is 1.40. The van der Waals surface area contributed by atoms with Gasteiger partial charge in [-0.05, 0) is 56.9 Å². The third-order valence-corrected chi connectivity index (χ3v) is 13.0. The van der Waals surface area contributed by atoms with Crippen LogP contribution >= 0.6 is 0 Å². The van der Waals surface area contributed by atoms with E-state index in [9.17, 15) is 19.5 Å². The van der Waals surface area contributed by atoms with Gasteiger partial charge in [0.1, 0.15) is 17.6 Å². The molecule has 8 aliphatic rings. The smallest absolute Gasteiger partial charge is 0.306 e. The second-order valence-corrected chi connectivity index (χ2v) is 14.5. The summed E-state index contributed by atoms with van der Waals surface area (Å²) >= 11 is 0. The Morgan fingerprint density at radius 2 is 1.92 bits per heavy atom. The number of cyclic esters (lactones) is 1. The summed E-state index contributed by atoms with van der Waals surface area (Å²) in [5, 5.41) is 12.9. The minimum atomic E-state index is -1.11. The van der Waals surface area contributed by atoms with Crippen molar-refractivity contribution in [3.63, 3.8) is 0 Å². The Morgan fingerprint density at radius 3 is 2.66 bits per heavy atom. The monoisotopic (exact) mass is 525 g/mol. The molecule has 7 fully saturated rings. The van der Waals surface area contributed by atoms with Gasteiger partial charge in [0.05, 0.1) is 25.7 Å². The second-order valence-electron chi connectivity index (χ2n) is 14.5. The number of hydrogen-bond donors (Lipinski definition) is 1. The fourth-order valence-electron chi connectivity index (χ4n) is 11.7. The molecule has 8 rings (SSSR count). The molecule has 2 saturated carbocycles. The number of carbonyl (C=O) groups is 3. The highest BCUT2D eigenvalue weighted by molar-refractivity contribution is 6.00. The average molecular weight is 526 g/mol. The van der Waals surface area contributed by atoms with Crippen molar-refractivity contribution in [2.45, 2.75) is 89.9 Å². The molecule has 4 spiro atoms. The summed E-state index contributed by atoms with van der Waals surface area (Å²) in [4.78, 5) is 43.4. The van der Waals surface area contributed by atoms with Crippen LogP contribution in [0.3, 0.4) is 0 Å². The zero-order valence-corrected chi connectivity index (χ0v) is 22.8. The number of piperidine rings is 1. The molecule has 3 aliphatic carbocycles. The third-order valence-electron chi connectivity index (χ3n) is 13.0. The van der Waals surface area contributed by atoms with Gasteiger partial charge >= 0.3 is 5.97 Å². The number of hydrogen-bond acceptors (Lipinski definition) is 8. The van der Waals surface area contributed by atoms with E-state index in [1.807, 2.05) is 13.8 Å². The van der Waals surface area contributed by atoms with Crippen LogP contribution in [0.2, 0.25) is 0 Å². The van der Waals surface area contributed by atoms with Crippen LogP contribution in [-0.2, 0) is 28.6 Å². The van der Waals surface area contributed by atoms with E-state index in [0.29, 0.717) is 25.3 Å². The highest BCUT2D eigenvalue weighted by Crippen LogP contribution is 2.80. The number of allylic oxidation sites excluding steroid dienone is 2. The molecular formula is C30H39NO7. The Morgan fingerprint density at radius 1 is 1.13 bits per heavy atom. The number of rotatable bonds is 0. The molecule has 0 aromatic rings. The van der Waals surface area contributed by atoms with Crippen LogP contribution in [0, 0.1) is 45.8 Å². The molecule has 0 radical (unpaired) electrons. The van der Waals surface area contributed by atoms with Crippen molar-refractivity contribution in [3.8, 4) is 0 Å². The first-order chi connectivity index (χ1) is 18.0. The molecule has 1 N–H and O–H groups in total. The first kappa shape index (κ1) is 24.2. The van der Waals surface area contributed by atoms with Gasteiger partial charge in [-0.15, -0.1) is 0 Å². The van der Waals surface area contributed by atoms with Gasteiger partial charge in [0, 0.05) is 40.5 Å². The van der Waals surface area contributed by atoms with Crippen molar-refractivity contribution in [1.82, 2.24) is 4.90 Å². The lowest BCUT2D eigenvalue weighted by atomic mass is 9.33. The van der Waals surface area contributed by atoms with Gasteiger partial charge in [-0.1, -0.05) is 26.3 Å². The number of esters is 1. The first-order valence-corrected chi connectivity index (χ1v) is 14.6. The summed E-state index contributed by atoms with van der Waals surface area (Å²) in [6.45, 7) is 9.30. The predicted octanol–water partition coefficient (Wildman–Crippen LogP) is 2.62. The Labute approximate surface area is 223 Å². The van der Waals surface area contributed by atoms with Gasteiger partial charge in [-0.3, -0.25) is 14.4 Å². The summed E-state index contributed by atoms with van der Waals surface area (Å²) in [7, 11) is 0. The summed E-state index contributed by atoms with van der Waals surface area (Å²) in [6.07, 6.45) is 4.87. The van der Waals surface area contributed by atoms with E-state index >= 15 is 0 Å². The van der Waals surface area contributed by atoms with E-state index < -0.39 is 51.6 Å². The minimum absolute atomic E-state index is 0.00412. The average Bonchev–Trinajstić information content (AvgIpc) is 3.45. The molecule has 8 heteroatoms. The van der Waals surface area contributed by atoms with Gasteiger partial charge in [0.15, 0.2) is 11.5 Å². The van der Waals surface area contributed by atoms with Gasteiger partial charge in [-0.2, -0.15) is 0 Å². The van der Waals surface area contributed by atoms with Crippen LogP contribution in [0.1, 0.15) is 66.2 Å². The summed E-state index contributed by atoms with van der Waals surface area (Å²) in [6, 6.07) is 0. The van der Waals surface area contributed by atoms with E-state index in [-0.39, 0.29) is 49.2 Å². The summed E-state index contributed by atoms with van der Waals surface area (Å²) < 4.78 is 19.6. The van der Waals surface area contributed by atoms with E-state index in [1.165, 1.54) is 0 Å². The minimum Gasteiger partial charge on any atom is -0.465 e. The second kappa shape index (κ2) is 6.99. The fourth-order valence-corrected chi connectivity index (χ4v) is 11.7. The Kier molecular flexibility index (Phi) is 4.45. The number of nitrogens with zero attached hydrogens (tertiary/aromatic N) is 1. The number of ketones is 2. The lowest BCUT2D eigenvalue weighted by Crippen LogP contribution is -2.83. The molecule has 0 aromatic heterocycles. The van der Waals surface area contributed by atoms with Crippen molar-refractivity contribution < 1.29 is 33.7 Å². The normalized spacial score (nSPS) is 58.7. The van der Waals surface area contributed by atoms with Crippen LogP contribution in [0.5, 0.6) is 0 Å². The molecule has 5 saturated heterocycles. The molecule has 4 bridgehead atoms. The maximum Gasteiger partial charge on any atom is 0.306 e. The number of carbonyl (C=O) groups excluding carboxylic acids is 3. The lowest BCUT2D eigenvalue weighted by molar-refractivity contribution is -0.364. The molecule has 5 heterocycles. The maximum atomic E-state index is 14.6. The first-order valence-electron chi connectivity index (χ1n) is 14.6. The number of Topliss-reactive ketones (excluding diaryl/α,β-unsaturated/α-hetero) is 1. The van der Waals surface area contributed by atoms with Crippen molar-refractivity contribution in [1.29, 1.82) is 0 Å². The maximum absolute atomic E-state index is 14.6. The molecule has 206 valence electrons. The Bertz CT molecular complexity index is 1210. The third kappa shape index (κ3) is 2.29. The summed E-state index contributed by atoms with van der Waals surface area (Å²) in [5.41, 5.74) is -3.13. The van der Waals surface area contributed by atoms with Gasteiger partial charge in [0.25, 0.3) is 0 Å². The number of ether oxygens (including phenoxy) is 3. The standard InChI is InChI=1S/C30H39NO7/c1-15-8-19-22(20(32)9-15)17(3)23(34)24-27(11-21(33)36-13-27)26(4)5-6-28-10-16(2)7-18(38-28)12-31(28)30(26)25(35)29(19,24)14-37-30/h9,16-19,22,24-25,35H,5-8,10-14H2,1-4H3. The van der Waals surface area contributed by atoms with E-state index in [2.05, 4.69) is 18.7 Å². The lowest BCUT2D eigenvalue weighted by Gasteiger charge is -2.72. The van der Waals surface area contributed by atoms with Crippen LogP contribution in [0.25, 0.3) is 0 Å². The van der Waals surface area contributed by atoms with Gasteiger partial charge < -0.3 is 19.3 Å². The molecule has 8 nitrogen and oxygen atoms in total. The van der Waals surface area contributed by atoms with E-state index in [0.717, 1.165) is 24.8 Å². The molecule has 12 unspecified atom stereocenters. The molecule has 38 heavy (non-hydrogen) atoms. The number of aliphatic hydroxyl groups excluding tert-OH is 1. The molecule has 0 amide bonds. The van der Waals surface area contributed by atoms with E-state index in [4.69, 9.17) is 14.2 Å². The number of fused-ring (bicyclic) bond motifs is 4. The van der Waals surface area contributed by atoms with Crippen molar-refractivity contribution >= 4 is 17.5 Å². The SMILES string of the molecule is CC1=CC(=O)C2C(C)C(=O)C3C4(COC5(C4O)N4CC6CC(C)CC4(CCC5(C)C34COC(=O)C4)O6)C2C1. The highest BCUT2D eigenvalue weighted by atomic mass is 16.6. The molecule has 0 aromatic carbocycles. The van der Waals surface area contributed by atoms with Crippen LogP contribution in [0.4, 0.5) is 0 Å². The van der Waals surface area contributed by atoms with Crippen molar-refractivity contribution in [2.24, 2.45) is 45.8 Å². The van der Waals surface area contributed by atoms with Crippen molar-refractivity contribution in [3.05, 3.63) is 11.6 Å². The summed E-state index contributed by atoms with van der Waals surface area (Å²) in [5.74, 6) is -1.61. The largest absolute Gasteiger partial charge is 0.465 e. The van der Waals surface area contributed by atoms with Crippen LogP contribution in [-0.4, -0.2) is 71.0 Å². The van der Waals surface area contributed by atoms with Gasteiger partial charge in [-0.25, -0.2) is 4.90 Å². The Hall–Kier alpha value is -1.61. The number of aliphatic hydroxyl groups is 1. The molecular weight excluding hydrogens is 486 g/mol. The van der Waals surface area contributed by atoms with Crippen LogP contribution < -0.4 is 0 Å². The highest BCUT2D eigenvalue weighted by Gasteiger charge is 2.89.